The number of oxazole rings is 1. The van der Waals surface area contributed by atoms with Gasteiger partial charge in [-0.1, -0.05) is 33.8 Å². The van der Waals surface area contributed by atoms with E-state index in [4.69, 9.17) is 13.9 Å². The summed E-state index contributed by atoms with van der Waals surface area (Å²) < 4.78 is 17.0. The van der Waals surface area contributed by atoms with Gasteiger partial charge in [-0.2, -0.15) is 0 Å². The molecule has 0 radical (unpaired) electrons. The highest BCUT2D eigenvalue weighted by Crippen LogP contribution is 2.28. The molecule has 0 fully saturated rings. The van der Waals surface area contributed by atoms with E-state index in [9.17, 15) is 0 Å². The molecule has 0 aliphatic carbocycles. The van der Waals surface area contributed by atoms with Crippen molar-refractivity contribution < 1.29 is 13.9 Å². The van der Waals surface area contributed by atoms with Crippen LogP contribution in [-0.2, 0) is 18.5 Å². The Bertz CT molecular complexity index is 800. The van der Waals surface area contributed by atoms with Gasteiger partial charge in [-0.05, 0) is 31.0 Å². The lowest BCUT2D eigenvalue weighted by molar-refractivity contribution is 0.294. The summed E-state index contributed by atoms with van der Waals surface area (Å²) in [6, 6.07) is 5.90. The van der Waals surface area contributed by atoms with Gasteiger partial charge in [-0.15, -0.1) is 24.0 Å². The first-order valence-electron chi connectivity index (χ1n) is 10.1. The number of benzene rings is 1. The molecule has 2 rings (SSSR count). The Labute approximate surface area is 197 Å². The normalized spacial score (nSPS) is 11.6. The van der Waals surface area contributed by atoms with Gasteiger partial charge in [0.2, 0.25) is 5.89 Å². The van der Waals surface area contributed by atoms with Crippen molar-refractivity contribution in [3.8, 4) is 11.5 Å². The van der Waals surface area contributed by atoms with E-state index in [1.165, 1.54) is 0 Å². The average molecular weight is 530 g/mol. The Balaban J connectivity index is 0.00000450. The molecule has 0 amide bonds. The van der Waals surface area contributed by atoms with Crippen LogP contribution in [0.2, 0.25) is 0 Å². The third-order valence-electron chi connectivity index (χ3n) is 4.15. The van der Waals surface area contributed by atoms with E-state index < -0.39 is 0 Å². The van der Waals surface area contributed by atoms with Crippen molar-refractivity contribution in [2.75, 3.05) is 20.3 Å². The van der Waals surface area contributed by atoms with Crippen LogP contribution >= 0.6 is 24.0 Å². The highest BCUT2D eigenvalue weighted by Gasteiger charge is 2.19. The number of hydrogen-bond donors (Lipinski definition) is 2. The third-order valence-corrected chi connectivity index (χ3v) is 4.15. The lowest BCUT2D eigenvalue weighted by atomic mass is 9.94. The van der Waals surface area contributed by atoms with Gasteiger partial charge in [0.1, 0.15) is 5.76 Å². The van der Waals surface area contributed by atoms with Crippen LogP contribution in [0.1, 0.15) is 58.3 Å². The number of aliphatic imine (C=N–C) groups is 1. The van der Waals surface area contributed by atoms with Gasteiger partial charge in [0, 0.05) is 12.0 Å². The number of rotatable bonds is 9. The third kappa shape index (κ3) is 8.04. The van der Waals surface area contributed by atoms with Crippen molar-refractivity contribution in [2.24, 2.45) is 4.99 Å². The summed E-state index contributed by atoms with van der Waals surface area (Å²) in [5.41, 5.74) is 0.977. The van der Waals surface area contributed by atoms with E-state index >= 15 is 0 Å². The summed E-state index contributed by atoms with van der Waals surface area (Å²) in [6.07, 6.45) is 2.74. The fourth-order valence-corrected chi connectivity index (χ4v) is 2.55. The average Bonchev–Trinajstić information content (AvgIpc) is 3.18. The van der Waals surface area contributed by atoms with Crippen LogP contribution < -0.4 is 20.1 Å². The van der Waals surface area contributed by atoms with E-state index in [1.807, 2.05) is 25.1 Å². The Morgan fingerprint density at radius 3 is 2.53 bits per heavy atom. The van der Waals surface area contributed by atoms with Gasteiger partial charge < -0.3 is 24.5 Å². The topological polar surface area (TPSA) is 80.9 Å². The predicted molar refractivity (Wildman–Crippen MR) is 131 cm³/mol. The maximum Gasteiger partial charge on any atom is 0.213 e. The van der Waals surface area contributed by atoms with Gasteiger partial charge in [-0.3, -0.25) is 0 Å². The number of nitrogens with zero attached hydrogens (tertiary/aromatic N) is 2. The number of hydrogen-bond acceptors (Lipinski definition) is 5. The maximum absolute atomic E-state index is 5.83. The van der Waals surface area contributed by atoms with Gasteiger partial charge >= 0.3 is 0 Å². The molecule has 7 nitrogen and oxygen atoms in total. The molecule has 1 aromatic carbocycles. The number of nitrogens with one attached hydrogen (secondary N) is 2. The first kappa shape index (κ1) is 26.1. The number of methoxy groups -OCH3 is 1. The summed E-state index contributed by atoms with van der Waals surface area (Å²) in [6.45, 7) is 12.8. The molecule has 0 saturated carbocycles. The van der Waals surface area contributed by atoms with E-state index in [0.29, 0.717) is 31.5 Å². The fourth-order valence-electron chi connectivity index (χ4n) is 2.55. The molecule has 0 aliphatic rings. The van der Waals surface area contributed by atoms with E-state index in [2.05, 4.69) is 48.3 Å². The molecule has 0 aliphatic heterocycles. The van der Waals surface area contributed by atoms with Gasteiger partial charge in [0.25, 0.3) is 0 Å². The molecule has 0 unspecified atom stereocenters. The van der Waals surface area contributed by atoms with Gasteiger partial charge in [-0.25, -0.2) is 9.98 Å². The molecule has 30 heavy (non-hydrogen) atoms. The predicted octanol–water partition coefficient (Wildman–Crippen LogP) is 4.64. The van der Waals surface area contributed by atoms with Crippen LogP contribution in [0, 0.1) is 0 Å². The van der Waals surface area contributed by atoms with Crippen molar-refractivity contribution in [3.05, 3.63) is 41.6 Å². The molecule has 8 heteroatoms. The minimum Gasteiger partial charge on any atom is -0.493 e. The monoisotopic (exact) mass is 530 g/mol. The molecule has 0 bridgehead atoms. The molecule has 168 valence electrons. The number of guanidine groups is 1. The standard InChI is InChI=1S/C22H34N4O3.HI/c1-7-11-28-17-10-9-16(12-18(17)27-6)13-25-21(23-8-2)26-15-20-24-14-19(29-20)22(3,4)5;/h9-10,12,14H,7-8,11,13,15H2,1-6H3,(H2,23,25,26);1H. The first-order chi connectivity index (χ1) is 13.9. The Morgan fingerprint density at radius 1 is 1.17 bits per heavy atom. The molecule has 0 atom stereocenters. The summed E-state index contributed by atoms with van der Waals surface area (Å²) in [5, 5.41) is 6.51. The summed E-state index contributed by atoms with van der Waals surface area (Å²) in [7, 11) is 1.65. The van der Waals surface area contributed by atoms with Crippen LogP contribution in [0.3, 0.4) is 0 Å². The number of ether oxygens (including phenoxy) is 2. The van der Waals surface area contributed by atoms with Gasteiger partial charge in [0.15, 0.2) is 17.5 Å². The smallest absolute Gasteiger partial charge is 0.213 e. The van der Waals surface area contributed by atoms with Crippen molar-refractivity contribution in [1.82, 2.24) is 15.6 Å². The number of aromatic nitrogens is 1. The summed E-state index contributed by atoms with van der Waals surface area (Å²) >= 11 is 0. The Hall–Kier alpha value is -1.97. The SMILES string of the molecule is CCCOc1ccc(CN=C(NCC)NCc2ncc(C(C)(C)C)o2)cc1OC.I. The van der Waals surface area contributed by atoms with Crippen molar-refractivity contribution in [2.45, 2.75) is 59.5 Å². The Kier molecular flexibility index (Phi) is 11.0. The van der Waals surface area contributed by atoms with Gasteiger partial charge in [0.05, 0.1) is 33.0 Å². The molecule has 2 aromatic rings. The Morgan fingerprint density at radius 2 is 1.93 bits per heavy atom. The molecule has 1 heterocycles. The minimum absolute atomic E-state index is 0. The fraction of sp³-hybridized carbons (Fsp3) is 0.545. The van der Waals surface area contributed by atoms with Crippen LogP contribution in [0.5, 0.6) is 11.5 Å². The molecule has 0 spiro atoms. The van der Waals surface area contributed by atoms with Crippen molar-refractivity contribution in [1.29, 1.82) is 0 Å². The molecular formula is C22H35IN4O3. The second-order valence-corrected chi connectivity index (χ2v) is 7.75. The van der Waals surface area contributed by atoms with Crippen LogP contribution in [0.15, 0.2) is 33.8 Å². The minimum atomic E-state index is -0.0596. The highest BCUT2D eigenvalue weighted by atomic mass is 127. The lowest BCUT2D eigenvalue weighted by Gasteiger charge is -2.13. The number of halogens is 1. The second-order valence-electron chi connectivity index (χ2n) is 7.75. The van der Waals surface area contributed by atoms with Crippen LogP contribution in [0.4, 0.5) is 0 Å². The van der Waals surface area contributed by atoms with Crippen molar-refractivity contribution >= 4 is 29.9 Å². The largest absolute Gasteiger partial charge is 0.493 e. The molecule has 0 saturated heterocycles. The zero-order valence-corrected chi connectivity index (χ0v) is 21.2. The van der Waals surface area contributed by atoms with Crippen molar-refractivity contribution in [3.63, 3.8) is 0 Å². The zero-order valence-electron chi connectivity index (χ0n) is 18.9. The van der Waals surface area contributed by atoms with Crippen LogP contribution in [0.25, 0.3) is 0 Å². The van der Waals surface area contributed by atoms with E-state index in [1.54, 1.807) is 13.3 Å². The molecule has 2 N–H and O–H groups in total. The summed E-state index contributed by atoms with van der Waals surface area (Å²) in [5.74, 6) is 3.69. The maximum atomic E-state index is 5.83. The van der Waals surface area contributed by atoms with Crippen LogP contribution in [-0.4, -0.2) is 31.2 Å². The second kappa shape index (κ2) is 12.7. The quantitative estimate of drug-likeness (QED) is 0.279. The molecular weight excluding hydrogens is 495 g/mol. The van der Waals surface area contributed by atoms with E-state index in [-0.39, 0.29) is 29.4 Å². The first-order valence-corrected chi connectivity index (χ1v) is 10.1. The highest BCUT2D eigenvalue weighted by molar-refractivity contribution is 14.0. The zero-order chi connectivity index (χ0) is 21.3. The molecule has 1 aromatic heterocycles. The van der Waals surface area contributed by atoms with E-state index in [0.717, 1.165) is 35.8 Å². The summed E-state index contributed by atoms with van der Waals surface area (Å²) in [4.78, 5) is 9.00. The lowest BCUT2D eigenvalue weighted by Crippen LogP contribution is -2.36.